The zero-order valence-corrected chi connectivity index (χ0v) is 14.4. The van der Waals surface area contributed by atoms with Crippen molar-refractivity contribution in [3.8, 4) is 5.75 Å². The van der Waals surface area contributed by atoms with Crippen LogP contribution in [0.15, 0.2) is 24.3 Å². The number of nitrogens with zero attached hydrogens (tertiary/aromatic N) is 1. The molecule has 1 aliphatic heterocycles. The number of piperidine rings is 1. The fourth-order valence-electron chi connectivity index (χ4n) is 2.91. The maximum Gasteiger partial charge on any atom is 0.264 e. The van der Waals surface area contributed by atoms with Gasteiger partial charge in [0.1, 0.15) is 11.8 Å². The second-order valence-corrected chi connectivity index (χ2v) is 6.00. The second kappa shape index (κ2) is 7.95. The minimum Gasteiger partial charge on any atom is -0.481 e. The van der Waals surface area contributed by atoms with Crippen molar-refractivity contribution < 1.29 is 19.1 Å². The van der Waals surface area contributed by atoms with Gasteiger partial charge in [-0.05, 0) is 45.2 Å². The highest BCUT2D eigenvalue weighted by molar-refractivity contribution is 5.94. The Morgan fingerprint density at radius 1 is 1.29 bits per heavy atom. The van der Waals surface area contributed by atoms with E-state index in [0.29, 0.717) is 24.3 Å². The van der Waals surface area contributed by atoms with Crippen LogP contribution < -0.4 is 10.1 Å². The molecule has 1 heterocycles. The molecule has 0 aliphatic carbocycles. The van der Waals surface area contributed by atoms with Gasteiger partial charge >= 0.3 is 0 Å². The Bertz CT molecular complexity index is 629. The van der Waals surface area contributed by atoms with E-state index >= 15 is 0 Å². The lowest BCUT2D eigenvalue weighted by Gasteiger charge is -2.35. The van der Waals surface area contributed by atoms with Crippen molar-refractivity contribution in [1.82, 2.24) is 10.2 Å². The van der Waals surface area contributed by atoms with Gasteiger partial charge in [-0.15, -0.1) is 0 Å². The van der Waals surface area contributed by atoms with Gasteiger partial charge in [0, 0.05) is 19.2 Å². The standard InChI is InChI=1S/C18H24N2O4/c1-12(21)14-7-6-8-15(11-14)24-13(2)18(23)20-10-5-4-9-16(20)17(22)19-3/h6-8,11,13,16H,4-5,9-10H2,1-3H3,(H,19,22)/t13-,16+/m0/s1. The summed E-state index contributed by atoms with van der Waals surface area (Å²) in [4.78, 5) is 37.7. The molecule has 0 bridgehead atoms. The first-order chi connectivity index (χ1) is 11.4. The van der Waals surface area contributed by atoms with E-state index in [1.807, 2.05) is 0 Å². The Kier molecular flexibility index (Phi) is 5.95. The van der Waals surface area contributed by atoms with Crippen LogP contribution in [0.5, 0.6) is 5.75 Å². The first-order valence-electron chi connectivity index (χ1n) is 8.23. The number of hydrogen-bond donors (Lipinski definition) is 1. The topological polar surface area (TPSA) is 75.7 Å². The van der Waals surface area contributed by atoms with Gasteiger partial charge in [0.15, 0.2) is 11.9 Å². The number of amides is 2. The lowest BCUT2D eigenvalue weighted by atomic mass is 10.0. The van der Waals surface area contributed by atoms with E-state index in [0.717, 1.165) is 12.8 Å². The largest absolute Gasteiger partial charge is 0.481 e. The van der Waals surface area contributed by atoms with Gasteiger partial charge < -0.3 is 15.0 Å². The molecule has 6 heteroatoms. The average molecular weight is 332 g/mol. The molecule has 2 atom stereocenters. The first kappa shape index (κ1) is 18.0. The molecule has 0 unspecified atom stereocenters. The zero-order valence-electron chi connectivity index (χ0n) is 14.4. The zero-order chi connectivity index (χ0) is 17.7. The average Bonchev–Trinajstić information content (AvgIpc) is 2.60. The van der Waals surface area contributed by atoms with Gasteiger partial charge in [0.25, 0.3) is 5.91 Å². The van der Waals surface area contributed by atoms with E-state index in [4.69, 9.17) is 4.74 Å². The van der Waals surface area contributed by atoms with Crippen molar-refractivity contribution in [2.24, 2.45) is 0 Å². The van der Waals surface area contributed by atoms with E-state index in [2.05, 4.69) is 5.32 Å². The van der Waals surface area contributed by atoms with Crippen LogP contribution in [0.2, 0.25) is 0 Å². The van der Waals surface area contributed by atoms with Crippen molar-refractivity contribution >= 4 is 17.6 Å². The molecule has 1 aromatic rings. The van der Waals surface area contributed by atoms with Gasteiger partial charge in [-0.1, -0.05) is 12.1 Å². The number of benzene rings is 1. The number of carbonyl (C=O) groups excluding carboxylic acids is 3. The Labute approximate surface area is 142 Å². The van der Waals surface area contributed by atoms with Crippen molar-refractivity contribution in [3.05, 3.63) is 29.8 Å². The minimum absolute atomic E-state index is 0.0601. The molecule has 6 nitrogen and oxygen atoms in total. The van der Waals surface area contributed by atoms with E-state index in [9.17, 15) is 14.4 Å². The van der Waals surface area contributed by atoms with Crippen LogP contribution in [0.1, 0.15) is 43.5 Å². The van der Waals surface area contributed by atoms with Crippen LogP contribution >= 0.6 is 0 Å². The van der Waals surface area contributed by atoms with E-state index in [1.54, 1.807) is 43.1 Å². The molecule has 24 heavy (non-hydrogen) atoms. The minimum atomic E-state index is -0.725. The summed E-state index contributed by atoms with van der Waals surface area (Å²) in [5.74, 6) is 0.0533. The molecule has 1 aromatic carbocycles. The highest BCUT2D eigenvalue weighted by Gasteiger charge is 2.34. The number of likely N-dealkylation sites (tertiary alicyclic amines) is 1. The number of carbonyl (C=O) groups is 3. The summed E-state index contributed by atoms with van der Waals surface area (Å²) in [5, 5.41) is 2.62. The molecule has 0 aromatic heterocycles. The number of nitrogens with one attached hydrogen (secondary N) is 1. The van der Waals surface area contributed by atoms with Crippen LogP contribution in [0.25, 0.3) is 0 Å². The monoisotopic (exact) mass is 332 g/mol. The third kappa shape index (κ3) is 4.13. The van der Waals surface area contributed by atoms with Crippen LogP contribution in [0, 0.1) is 0 Å². The molecule has 0 radical (unpaired) electrons. The van der Waals surface area contributed by atoms with Crippen LogP contribution in [-0.2, 0) is 9.59 Å². The number of likely N-dealkylation sites (N-methyl/N-ethyl adjacent to an activating group) is 1. The van der Waals surface area contributed by atoms with Crippen LogP contribution in [0.3, 0.4) is 0 Å². The summed E-state index contributed by atoms with van der Waals surface area (Å²) in [5.41, 5.74) is 0.536. The summed E-state index contributed by atoms with van der Waals surface area (Å²) in [6.45, 7) is 3.70. The van der Waals surface area contributed by atoms with Crippen molar-refractivity contribution in [1.29, 1.82) is 0 Å². The first-order valence-corrected chi connectivity index (χ1v) is 8.23. The lowest BCUT2D eigenvalue weighted by molar-refractivity contribution is -0.147. The fourth-order valence-corrected chi connectivity index (χ4v) is 2.91. The number of Topliss-reactive ketones (excluding diaryl/α,β-unsaturated/α-hetero) is 1. The predicted molar refractivity (Wildman–Crippen MR) is 90.0 cm³/mol. The third-order valence-corrected chi connectivity index (χ3v) is 4.24. The maximum atomic E-state index is 12.7. The molecular formula is C18H24N2O4. The Morgan fingerprint density at radius 3 is 2.71 bits per heavy atom. The third-order valence-electron chi connectivity index (χ3n) is 4.24. The molecule has 2 amide bonds. The Morgan fingerprint density at radius 2 is 2.04 bits per heavy atom. The van der Waals surface area contributed by atoms with Crippen LogP contribution in [0.4, 0.5) is 0 Å². The lowest BCUT2D eigenvalue weighted by Crippen LogP contribution is -2.54. The number of hydrogen-bond acceptors (Lipinski definition) is 4. The molecule has 0 spiro atoms. The molecule has 1 N–H and O–H groups in total. The summed E-state index contributed by atoms with van der Waals surface area (Å²) in [7, 11) is 1.58. The molecule has 1 fully saturated rings. The van der Waals surface area contributed by atoms with E-state index < -0.39 is 12.1 Å². The van der Waals surface area contributed by atoms with Gasteiger partial charge in [0.2, 0.25) is 5.91 Å². The van der Waals surface area contributed by atoms with Gasteiger partial charge in [0.05, 0.1) is 0 Å². The highest BCUT2D eigenvalue weighted by Crippen LogP contribution is 2.21. The van der Waals surface area contributed by atoms with Crippen molar-refractivity contribution in [2.45, 2.75) is 45.3 Å². The number of ketones is 1. The summed E-state index contributed by atoms with van der Waals surface area (Å²) >= 11 is 0. The predicted octanol–water partition coefficient (Wildman–Crippen LogP) is 1.78. The molecule has 130 valence electrons. The smallest absolute Gasteiger partial charge is 0.264 e. The normalized spacial score (nSPS) is 18.6. The Hall–Kier alpha value is -2.37. The SMILES string of the molecule is CNC(=O)[C@H]1CCCCN1C(=O)[C@H](C)Oc1cccc(C(C)=O)c1. The quantitative estimate of drug-likeness (QED) is 0.834. The maximum absolute atomic E-state index is 12.7. The number of rotatable bonds is 5. The summed E-state index contributed by atoms with van der Waals surface area (Å²) < 4.78 is 5.71. The second-order valence-electron chi connectivity index (χ2n) is 6.00. The van der Waals surface area contributed by atoms with E-state index in [1.165, 1.54) is 6.92 Å². The fraction of sp³-hybridized carbons (Fsp3) is 0.500. The Balaban J connectivity index is 2.09. The molecule has 2 rings (SSSR count). The van der Waals surface area contributed by atoms with Crippen molar-refractivity contribution in [3.63, 3.8) is 0 Å². The number of ether oxygens (including phenoxy) is 1. The van der Waals surface area contributed by atoms with E-state index in [-0.39, 0.29) is 17.6 Å². The highest BCUT2D eigenvalue weighted by atomic mass is 16.5. The summed E-state index contributed by atoms with van der Waals surface area (Å²) in [6, 6.07) is 6.32. The van der Waals surface area contributed by atoms with Gasteiger partial charge in [-0.2, -0.15) is 0 Å². The summed E-state index contributed by atoms with van der Waals surface area (Å²) in [6.07, 6.45) is 1.75. The molecular weight excluding hydrogens is 308 g/mol. The molecule has 1 saturated heterocycles. The van der Waals surface area contributed by atoms with Crippen molar-refractivity contribution in [2.75, 3.05) is 13.6 Å². The molecule has 0 saturated carbocycles. The molecule has 1 aliphatic rings. The van der Waals surface area contributed by atoms with Gasteiger partial charge in [-0.3, -0.25) is 14.4 Å². The van der Waals surface area contributed by atoms with Crippen LogP contribution in [-0.4, -0.2) is 48.2 Å². The van der Waals surface area contributed by atoms with Gasteiger partial charge in [-0.25, -0.2) is 0 Å².